The van der Waals surface area contributed by atoms with E-state index in [1.165, 1.54) is 0 Å². The normalized spacial score (nSPS) is 10.2. The quantitative estimate of drug-likeness (QED) is 0.847. The molecule has 0 spiro atoms. The molecular weight excluding hydrogens is 348 g/mol. The van der Waals surface area contributed by atoms with E-state index >= 15 is 0 Å². The predicted molar refractivity (Wildman–Crippen MR) is 83.6 cm³/mol. The molecule has 0 amide bonds. The van der Waals surface area contributed by atoms with Crippen molar-refractivity contribution in [1.29, 1.82) is 0 Å². The van der Waals surface area contributed by atoms with Crippen LogP contribution < -0.4 is 10.5 Å². The van der Waals surface area contributed by atoms with Crippen molar-refractivity contribution in [1.82, 2.24) is 4.98 Å². The lowest BCUT2D eigenvalue weighted by Gasteiger charge is -2.10. The van der Waals surface area contributed by atoms with E-state index in [0.29, 0.717) is 23.1 Å². The Morgan fingerprint density at radius 2 is 2.21 bits per heavy atom. The first-order valence-electron chi connectivity index (χ1n) is 5.39. The first-order chi connectivity index (χ1) is 9.08. The highest BCUT2D eigenvalue weighted by Crippen LogP contribution is 2.28. The van der Waals surface area contributed by atoms with Gasteiger partial charge in [0.25, 0.3) is 0 Å². The van der Waals surface area contributed by atoms with Crippen LogP contribution in [0.15, 0.2) is 41.0 Å². The van der Waals surface area contributed by atoms with Gasteiger partial charge in [0.1, 0.15) is 23.0 Å². The van der Waals surface area contributed by atoms with Crippen molar-refractivity contribution in [2.24, 2.45) is 5.73 Å². The Bertz CT molecular complexity index is 621. The summed E-state index contributed by atoms with van der Waals surface area (Å²) < 4.78 is 6.56. The zero-order valence-electron chi connectivity index (χ0n) is 9.77. The van der Waals surface area contributed by atoms with Gasteiger partial charge in [-0.2, -0.15) is 0 Å². The molecule has 1 heterocycles. The molecule has 0 radical (unpaired) electrons. The Morgan fingerprint density at radius 3 is 2.89 bits per heavy atom. The van der Waals surface area contributed by atoms with Gasteiger partial charge in [-0.05, 0) is 24.3 Å². The Kier molecular flexibility index (Phi) is 4.74. The van der Waals surface area contributed by atoms with Crippen LogP contribution in [0.4, 0.5) is 0 Å². The van der Waals surface area contributed by atoms with Gasteiger partial charge in [0.15, 0.2) is 0 Å². The average molecular weight is 358 g/mol. The van der Waals surface area contributed by atoms with E-state index in [0.717, 1.165) is 10.0 Å². The number of nitrogens with zero attached hydrogens (tertiary/aromatic N) is 1. The van der Waals surface area contributed by atoms with Crippen LogP contribution in [-0.2, 0) is 6.61 Å². The molecule has 98 valence electrons. The van der Waals surface area contributed by atoms with Crippen LogP contribution >= 0.6 is 39.7 Å². The number of halogens is 2. The van der Waals surface area contributed by atoms with E-state index in [1.54, 1.807) is 18.3 Å². The van der Waals surface area contributed by atoms with Gasteiger partial charge < -0.3 is 10.5 Å². The SMILES string of the molecule is NC(=S)c1ncccc1COc1ccc(Br)cc1Cl. The largest absolute Gasteiger partial charge is 0.487 e. The van der Waals surface area contributed by atoms with Crippen molar-refractivity contribution in [3.63, 3.8) is 0 Å². The van der Waals surface area contributed by atoms with Crippen LogP contribution in [-0.4, -0.2) is 9.97 Å². The molecule has 0 fully saturated rings. The summed E-state index contributed by atoms with van der Waals surface area (Å²) in [4.78, 5) is 4.39. The number of thiocarbonyl (C=S) groups is 1. The van der Waals surface area contributed by atoms with Crippen LogP contribution in [0, 0.1) is 0 Å². The third-order valence-electron chi connectivity index (χ3n) is 2.40. The number of aromatic nitrogens is 1. The lowest BCUT2D eigenvalue weighted by atomic mass is 10.2. The second-order valence-corrected chi connectivity index (χ2v) is 5.50. The maximum atomic E-state index is 6.08. The molecule has 3 nitrogen and oxygen atoms in total. The summed E-state index contributed by atoms with van der Waals surface area (Å²) in [6.45, 7) is 0.307. The Morgan fingerprint density at radius 1 is 1.42 bits per heavy atom. The van der Waals surface area contributed by atoms with Gasteiger partial charge in [-0.15, -0.1) is 0 Å². The molecule has 0 unspecified atom stereocenters. The Labute approximate surface area is 129 Å². The number of pyridine rings is 1. The summed E-state index contributed by atoms with van der Waals surface area (Å²) in [6.07, 6.45) is 1.64. The molecular formula is C13H10BrClN2OS. The van der Waals surface area contributed by atoms with Gasteiger partial charge in [0, 0.05) is 16.2 Å². The maximum absolute atomic E-state index is 6.08. The highest BCUT2D eigenvalue weighted by molar-refractivity contribution is 9.10. The van der Waals surface area contributed by atoms with Crippen LogP contribution in [0.25, 0.3) is 0 Å². The van der Waals surface area contributed by atoms with Gasteiger partial charge in [-0.3, -0.25) is 4.98 Å². The number of ether oxygens (including phenoxy) is 1. The molecule has 0 bridgehead atoms. The van der Waals surface area contributed by atoms with Gasteiger partial charge in [-0.1, -0.05) is 45.8 Å². The molecule has 0 saturated heterocycles. The number of nitrogens with two attached hydrogens (primary N) is 1. The van der Waals surface area contributed by atoms with Crippen molar-refractivity contribution in [2.75, 3.05) is 0 Å². The zero-order chi connectivity index (χ0) is 13.8. The van der Waals surface area contributed by atoms with Crippen molar-refractivity contribution in [2.45, 2.75) is 6.61 Å². The fourth-order valence-corrected chi connectivity index (χ4v) is 2.44. The monoisotopic (exact) mass is 356 g/mol. The van der Waals surface area contributed by atoms with Crippen molar-refractivity contribution < 1.29 is 4.74 Å². The summed E-state index contributed by atoms with van der Waals surface area (Å²) in [5, 5.41) is 0.537. The molecule has 0 aliphatic heterocycles. The number of rotatable bonds is 4. The molecule has 6 heteroatoms. The average Bonchev–Trinajstić information content (AvgIpc) is 2.38. The van der Waals surface area contributed by atoms with Gasteiger partial charge in [-0.25, -0.2) is 0 Å². The standard InChI is InChI=1S/C13H10BrClN2OS/c14-9-3-4-11(10(15)6-9)18-7-8-2-1-5-17-12(8)13(16)19/h1-6H,7H2,(H2,16,19). The van der Waals surface area contributed by atoms with E-state index in [-0.39, 0.29) is 4.99 Å². The van der Waals surface area contributed by atoms with Crippen LogP contribution in [0.1, 0.15) is 11.3 Å². The van der Waals surface area contributed by atoms with Crippen LogP contribution in [0.3, 0.4) is 0 Å². The molecule has 2 aromatic rings. The van der Waals surface area contributed by atoms with Gasteiger partial charge in [0.05, 0.1) is 5.02 Å². The molecule has 0 atom stereocenters. The van der Waals surface area contributed by atoms with E-state index in [1.807, 2.05) is 18.2 Å². The molecule has 1 aromatic carbocycles. The number of hydrogen-bond acceptors (Lipinski definition) is 3. The zero-order valence-corrected chi connectivity index (χ0v) is 12.9. The van der Waals surface area contributed by atoms with Gasteiger partial charge >= 0.3 is 0 Å². The lowest BCUT2D eigenvalue weighted by molar-refractivity contribution is 0.305. The smallest absolute Gasteiger partial charge is 0.138 e. The Balaban J connectivity index is 2.17. The maximum Gasteiger partial charge on any atom is 0.138 e. The fourth-order valence-electron chi connectivity index (χ4n) is 1.52. The summed E-state index contributed by atoms with van der Waals surface area (Å²) >= 11 is 14.4. The van der Waals surface area contributed by atoms with Crippen LogP contribution in [0.2, 0.25) is 5.02 Å². The topological polar surface area (TPSA) is 48.1 Å². The minimum absolute atomic E-state index is 0.251. The third-order valence-corrected chi connectivity index (χ3v) is 3.38. The summed E-state index contributed by atoms with van der Waals surface area (Å²) in [6, 6.07) is 9.11. The van der Waals surface area contributed by atoms with E-state index < -0.39 is 0 Å². The predicted octanol–water partition coefficient (Wildman–Crippen LogP) is 3.71. The summed E-state index contributed by atoms with van der Waals surface area (Å²) in [7, 11) is 0. The number of hydrogen-bond donors (Lipinski definition) is 1. The molecule has 19 heavy (non-hydrogen) atoms. The van der Waals surface area contributed by atoms with Crippen molar-refractivity contribution in [3.05, 3.63) is 57.3 Å². The highest BCUT2D eigenvalue weighted by Gasteiger charge is 2.08. The van der Waals surface area contributed by atoms with E-state index in [9.17, 15) is 0 Å². The minimum atomic E-state index is 0.251. The van der Waals surface area contributed by atoms with Gasteiger partial charge in [0.2, 0.25) is 0 Å². The fraction of sp³-hybridized carbons (Fsp3) is 0.0769. The molecule has 0 saturated carbocycles. The molecule has 0 aliphatic rings. The van der Waals surface area contributed by atoms with Crippen molar-refractivity contribution >= 4 is 44.7 Å². The summed E-state index contributed by atoms with van der Waals surface area (Å²) in [5.74, 6) is 0.600. The Hall–Kier alpha value is -1.17. The second kappa shape index (κ2) is 6.32. The first-order valence-corrected chi connectivity index (χ1v) is 6.97. The van der Waals surface area contributed by atoms with Crippen LogP contribution in [0.5, 0.6) is 5.75 Å². The van der Waals surface area contributed by atoms with Crippen molar-refractivity contribution in [3.8, 4) is 5.75 Å². The summed E-state index contributed by atoms with van der Waals surface area (Å²) in [5.41, 5.74) is 7.02. The molecule has 2 rings (SSSR count). The minimum Gasteiger partial charge on any atom is -0.487 e. The highest BCUT2D eigenvalue weighted by atomic mass is 79.9. The van der Waals surface area contributed by atoms with E-state index in [2.05, 4.69) is 20.9 Å². The third kappa shape index (κ3) is 3.65. The molecule has 1 aromatic heterocycles. The first kappa shape index (κ1) is 14.2. The lowest BCUT2D eigenvalue weighted by Crippen LogP contribution is -2.15. The molecule has 2 N–H and O–H groups in total. The molecule has 0 aliphatic carbocycles. The second-order valence-electron chi connectivity index (χ2n) is 3.74. The van der Waals surface area contributed by atoms with E-state index in [4.69, 9.17) is 34.3 Å². The number of benzene rings is 1.